The Kier molecular flexibility index (Phi) is 3.66. The topological polar surface area (TPSA) is 21.3 Å². The summed E-state index contributed by atoms with van der Waals surface area (Å²) in [5, 5.41) is 3.47. The van der Waals surface area contributed by atoms with Gasteiger partial charge in [-0.3, -0.25) is 0 Å². The van der Waals surface area contributed by atoms with Gasteiger partial charge in [-0.1, -0.05) is 11.6 Å². The second-order valence-electron chi connectivity index (χ2n) is 4.08. The van der Waals surface area contributed by atoms with Gasteiger partial charge >= 0.3 is 0 Å². The summed E-state index contributed by atoms with van der Waals surface area (Å²) in [4.78, 5) is 0. The molecule has 1 heterocycles. The summed E-state index contributed by atoms with van der Waals surface area (Å²) in [5.41, 5.74) is 0.628. The average molecular weight is 244 g/mol. The number of hydrogen-bond donors (Lipinski definition) is 1. The summed E-state index contributed by atoms with van der Waals surface area (Å²) >= 11 is 5.81. The van der Waals surface area contributed by atoms with Gasteiger partial charge in [0.25, 0.3) is 0 Å². The summed E-state index contributed by atoms with van der Waals surface area (Å²) in [6, 6.07) is 3.58. The maximum Gasteiger partial charge on any atom is 0.145 e. The minimum absolute atomic E-state index is 0.132. The summed E-state index contributed by atoms with van der Waals surface area (Å²) in [7, 11) is 1.56. The highest BCUT2D eigenvalue weighted by molar-refractivity contribution is 6.30. The summed E-state index contributed by atoms with van der Waals surface area (Å²) in [6.07, 6.45) is 2.92. The van der Waals surface area contributed by atoms with Crippen molar-refractivity contribution in [3.8, 4) is 5.75 Å². The number of methoxy groups -OCH3 is 1. The van der Waals surface area contributed by atoms with Crippen molar-refractivity contribution in [3.63, 3.8) is 0 Å². The van der Waals surface area contributed by atoms with Crippen LogP contribution in [0.25, 0.3) is 0 Å². The van der Waals surface area contributed by atoms with Gasteiger partial charge in [0.2, 0.25) is 0 Å². The number of rotatable bonds is 3. The van der Waals surface area contributed by atoms with Crippen LogP contribution in [0.2, 0.25) is 5.02 Å². The van der Waals surface area contributed by atoms with Gasteiger partial charge in [-0.2, -0.15) is 0 Å². The molecule has 4 heteroatoms. The average Bonchev–Trinajstić information content (AvgIpc) is 2.77. The molecule has 1 saturated heterocycles. The Morgan fingerprint density at radius 3 is 3.00 bits per heavy atom. The molecule has 0 radical (unpaired) electrons. The van der Waals surface area contributed by atoms with Crippen LogP contribution in [0.5, 0.6) is 5.75 Å². The lowest BCUT2D eigenvalue weighted by Crippen LogP contribution is -2.24. The van der Waals surface area contributed by atoms with E-state index in [1.165, 1.54) is 6.07 Å². The molecule has 1 N–H and O–H groups in total. The fourth-order valence-electron chi connectivity index (χ4n) is 2.08. The van der Waals surface area contributed by atoms with Crippen molar-refractivity contribution in [2.75, 3.05) is 13.7 Å². The second-order valence-corrected chi connectivity index (χ2v) is 4.49. The van der Waals surface area contributed by atoms with Gasteiger partial charge in [0.05, 0.1) is 12.1 Å². The molecule has 1 aromatic rings. The van der Waals surface area contributed by atoms with E-state index in [9.17, 15) is 4.39 Å². The molecule has 1 aliphatic rings. The molecule has 16 heavy (non-hydrogen) atoms. The Bertz CT molecular complexity index is 378. The highest BCUT2D eigenvalue weighted by Crippen LogP contribution is 2.27. The Balaban J connectivity index is 2.20. The Morgan fingerprint density at radius 2 is 2.38 bits per heavy atom. The van der Waals surface area contributed by atoms with Crippen molar-refractivity contribution >= 4 is 11.6 Å². The van der Waals surface area contributed by atoms with Crippen molar-refractivity contribution in [1.82, 2.24) is 5.32 Å². The summed E-state index contributed by atoms with van der Waals surface area (Å²) in [5.74, 6) is 0.288. The largest absolute Gasteiger partial charge is 0.497 e. The first-order chi connectivity index (χ1) is 7.70. The lowest BCUT2D eigenvalue weighted by Gasteiger charge is -2.12. The van der Waals surface area contributed by atoms with Crippen molar-refractivity contribution < 1.29 is 9.13 Å². The number of benzene rings is 1. The van der Waals surface area contributed by atoms with Gasteiger partial charge in [-0.15, -0.1) is 0 Å². The Hall–Kier alpha value is -0.800. The van der Waals surface area contributed by atoms with Gasteiger partial charge in [0, 0.05) is 12.1 Å². The second kappa shape index (κ2) is 5.02. The van der Waals surface area contributed by atoms with E-state index in [-0.39, 0.29) is 10.8 Å². The van der Waals surface area contributed by atoms with Crippen molar-refractivity contribution in [1.29, 1.82) is 0 Å². The number of ether oxygens (including phenoxy) is 1. The predicted octanol–water partition coefficient (Wildman–Crippen LogP) is 2.78. The lowest BCUT2D eigenvalue weighted by molar-refractivity contribution is 0.412. The molecule has 0 bridgehead atoms. The summed E-state index contributed by atoms with van der Waals surface area (Å²) < 4.78 is 18.8. The highest BCUT2D eigenvalue weighted by atomic mass is 35.5. The zero-order valence-electron chi connectivity index (χ0n) is 9.22. The Morgan fingerprint density at radius 1 is 1.56 bits per heavy atom. The molecule has 1 aliphatic heterocycles. The van der Waals surface area contributed by atoms with Crippen LogP contribution in [0.4, 0.5) is 4.39 Å². The quantitative estimate of drug-likeness (QED) is 0.882. The first-order valence-corrected chi connectivity index (χ1v) is 5.84. The standard InChI is InChI=1S/C12H15ClFNO/c1-16-10-6-8(12(14)11(13)7-10)5-9-3-2-4-15-9/h6-7,9,15H,2-5H2,1H3. The monoisotopic (exact) mass is 243 g/mol. The zero-order valence-corrected chi connectivity index (χ0v) is 9.98. The zero-order chi connectivity index (χ0) is 11.5. The van der Waals surface area contributed by atoms with E-state index < -0.39 is 0 Å². The van der Waals surface area contributed by atoms with E-state index >= 15 is 0 Å². The molecule has 1 aromatic carbocycles. The van der Waals surface area contributed by atoms with Gasteiger partial charge in [-0.25, -0.2) is 4.39 Å². The van der Waals surface area contributed by atoms with Crippen LogP contribution in [-0.2, 0) is 6.42 Å². The van der Waals surface area contributed by atoms with E-state index in [2.05, 4.69) is 5.32 Å². The van der Waals surface area contributed by atoms with Crippen LogP contribution in [0.15, 0.2) is 12.1 Å². The van der Waals surface area contributed by atoms with Crippen LogP contribution < -0.4 is 10.1 Å². The van der Waals surface area contributed by atoms with E-state index in [1.54, 1.807) is 13.2 Å². The third kappa shape index (κ3) is 2.47. The summed E-state index contributed by atoms with van der Waals surface area (Å²) in [6.45, 7) is 1.02. The van der Waals surface area contributed by atoms with Gasteiger partial charge < -0.3 is 10.1 Å². The number of hydrogen-bond acceptors (Lipinski definition) is 2. The molecule has 2 nitrogen and oxygen atoms in total. The fraction of sp³-hybridized carbons (Fsp3) is 0.500. The van der Waals surface area contributed by atoms with Gasteiger partial charge in [0.1, 0.15) is 11.6 Å². The van der Waals surface area contributed by atoms with Crippen LogP contribution in [0, 0.1) is 5.82 Å². The molecule has 1 atom stereocenters. The minimum Gasteiger partial charge on any atom is -0.497 e. The molecule has 0 amide bonds. The molecule has 88 valence electrons. The van der Waals surface area contributed by atoms with E-state index in [4.69, 9.17) is 16.3 Å². The molecule has 1 unspecified atom stereocenters. The maximum atomic E-state index is 13.8. The Labute approximate surface area is 99.7 Å². The number of halogens is 2. The normalized spacial score (nSPS) is 20.1. The SMILES string of the molecule is COc1cc(Cl)c(F)c(CC2CCCN2)c1. The van der Waals surface area contributed by atoms with Gasteiger partial charge in [-0.05, 0) is 37.4 Å². The smallest absolute Gasteiger partial charge is 0.145 e. The third-order valence-electron chi connectivity index (χ3n) is 2.94. The van der Waals surface area contributed by atoms with Crippen molar-refractivity contribution in [2.24, 2.45) is 0 Å². The van der Waals surface area contributed by atoms with E-state index in [0.29, 0.717) is 23.8 Å². The fourth-order valence-corrected chi connectivity index (χ4v) is 2.31. The molecule has 1 fully saturated rings. The minimum atomic E-state index is -0.323. The molecular weight excluding hydrogens is 229 g/mol. The van der Waals surface area contributed by atoms with Crippen LogP contribution in [-0.4, -0.2) is 19.7 Å². The van der Waals surface area contributed by atoms with Crippen LogP contribution in [0.3, 0.4) is 0 Å². The molecule has 0 aromatic heterocycles. The molecule has 2 rings (SSSR count). The molecular formula is C12H15ClFNO. The molecule has 0 spiro atoms. The maximum absolute atomic E-state index is 13.8. The van der Waals surface area contributed by atoms with Crippen LogP contribution in [0.1, 0.15) is 18.4 Å². The number of nitrogens with one attached hydrogen (secondary N) is 1. The lowest BCUT2D eigenvalue weighted by atomic mass is 10.0. The first kappa shape index (κ1) is 11.7. The van der Waals surface area contributed by atoms with E-state index in [0.717, 1.165) is 19.4 Å². The predicted molar refractivity (Wildman–Crippen MR) is 62.7 cm³/mol. The third-order valence-corrected chi connectivity index (χ3v) is 3.22. The highest BCUT2D eigenvalue weighted by Gasteiger charge is 2.18. The van der Waals surface area contributed by atoms with Gasteiger partial charge in [0.15, 0.2) is 0 Å². The molecule has 0 aliphatic carbocycles. The first-order valence-electron chi connectivity index (χ1n) is 5.46. The van der Waals surface area contributed by atoms with Crippen LogP contribution >= 0.6 is 11.6 Å². The van der Waals surface area contributed by atoms with Crippen molar-refractivity contribution in [2.45, 2.75) is 25.3 Å². The van der Waals surface area contributed by atoms with Crippen molar-refractivity contribution in [3.05, 3.63) is 28.5 Å². The van der Waals surface area contributed by atoms with E-state index in [1.807, 2.05) is 0 Å². The molecule has 0 saturated carbocycles.